The minimum Gasteiger partial charge on any atom is -0.484 e. The molecule has 0 aliphatic rings. The number of amides is 2. The molecule has 0 fully saturated rings. The van der Waals surface area contributed by atoms with Gasteiger partial charge in [0.1, 0.15) is 5.75 Å². The maximum Gasteiger partial charge on any atom is 0.271 e. The highest BCUT2D eigenvalue weighted by molar-refractivity contribution is 6.30. The Bertz CT molecular complexity index is 1070. The van der Waals surface area contributed by atoms with Crippen molar-refractivity contribution in [1.29, 1.82) is 0 Å². The molecule has 0 radical (unpaired) electrons. The zero-order chi connectivity index (χ0) is 21.3. The zero-order valence-corrected chi connectivity index (χ0v) is 17.0. The van der Waals surface area contributed by atoms with E-state index in [1.165, 1.54) is 6.21 Å². The number of hydrogen-bond donors (Lipinski definition) is 2. The van der Waals surface area contributed by atoms with Crippen LogP contribution in [-0.2, 0) is 4.79 Å². The average Bonchev–Trinajstić information content (AvgIpc) is 2.75. The van der Waals surface area contributed by atoms with Crippen LogP contribution < -0.4 is 15.5 Å². The first-order valence-corrected chi connectivity index (χ1v) is 9.56. The van der Waals surface area contributed by atoms with Crippen molar-refractivity contribution in [2.45, 2.75) is 6.92 Å². The Morgan fingerprint density at radius 1 is 1.03 bits per heavy atom. The molecule has 0 saturated heterocycles. The lowest BCUT2D eigenvalue weighted by Gasteiger charge is -2.09. The van der Waals surface area contributed by atoms with Gasteiger partial charge in [-0.1, -0.05) is 35.9 Å². The van der Waals surface area contributed by atoms with Crippen LogP contribution in [0.5, 0.6) is 5.75 Å². The van der Waals surface area contributed by atoms with E-state index in [1.54, 1.807) is 48.5 Å². The van der Waals surface area contributed by atoms with Gasteiger partial charge in [0.05, 0.1) is 6.21 Å². The lowest BCUT2D eigenvalue weighted by atomic mass is 10.2. The average molecular weight is 422 g/mol. The van der Waals surface area contributed by atoms with E-state index in [0.717, 1.165) is 16.8 Å². The van der Waals surface area contributed by atoms with Crippen LogP contribution in [0.1, 0.15) is 21.5 Å². The molecule has 2 amide bonds. The van der Waals surface area contributed by atoms with Crippen LogP contribution in [0.4, 0.5) is 5.69 Å². The molecular weight excluding hydrogens is 402 g/mol. The van der Waals surface area contributed by atoms with Gasteiger partial charge in [-0.15, -0.1) is 0 Å². The predicted molar refractivity (Wildman–Crippen MR) is 118 cm³/mol. The Kier molecular flexibility index (Phi) is 7.19. The maximum atomic E-state index is 12.0. The standard InChI is InChI=1S/C23H20ClN3O3/c1-16-5-2-3-8-21(16)26-22(28)15-30-20-11-9-17(10-12-20)14-25-27-23(29)18-6-4-7-19(24)13-18/h2-14H,15H2,1H3,(H,26,28)(H,27,29)/b25-14+. The smallest absolute Gasteiger partial charge is 0.271 e. The topological polar surface area (TPSA) is 79.8 Å². The number of para-hydroxylation sites is 1. The molecule has 0 bridgehead atoms. The number of nitrogens with zero attached hydrogens (tertiary/aromatic N) is 1. The summed E-state index contributed by atoms with van der Waals surface area (Å²) in [4.78, 5) is 24.0. The number of carbonyl (C=O) groups excluding carboxylic acids is 2. The number of aryl methyl sites for hydroxylation is 1. The van der Waals surface area contributed by atoms with Gasteiger partial charge in [0.25, 0.3) is 11.8 Å². The number of rotatable bonds is 7. The van der Waals surface area contributed by atoms with E-state index in [-0.39, 0.29) is 18.4 Å². The summed E-state index contributed by atoms with van der Waals surface area (Å²) in [5.74, 6) is -0.0397. The third kappa shape index (κ3) is 6.18. The molecule has 30 heavy (non-hydrogen) atoms. The first-order chi connectivity index (χ1) is 14.5. The van der Waals surface area contributed by atoms with Gasteiger partial charge in [0.15, 0.2) is 6.61 Å². The first kappa shape index (κ1) is 21.1. The van der Waals surface area contributed by atoms with Gasteiger partial charge in [0.2, 0.25) is 0 Å². The number of anilines is 1. The Morgan fingerprint density at radius 2 is 1.80 bits per heavy atom. The molecule has 7 heteroatoms. The molecular formula is C23H20ClN3O3. The van der Waals surface area contributed by atoms with Crippen LogP contribution in [0.2, 0.25) is 5.02 Å². The van der Waals surface area contributed by atoms with Crippen molar-refractivity contribution in [2.24, 2.45) is 5.10 Å². The van der Waals surface area contributed by atoms with Crippen LogP contribution in [-0.4, -0.2) is 24.6 Å². The van der Waals surface area contributed by atoms with Gasteiger partial charge >= 0.3 is 0 Å². The van der Waals surface area contributed by atoms with Crippen LogP contribution >= 0.6 is 11.6 Å². The third-order valence-electron chi connectivity index (χ3n) is 4.14. The molecule has 0 aliphatic heterocycles. The normalized spacial score (nSPS) is 10.6. The van der Waals surface area contributed by atoms with E-state index in [4.69, 9.17) is 16.3 Å². The number of ether oxygens (including phenoxy) is 1. The molecule has 3 rings (SSSR count). The second kappa shape index (κ2) is 10.2. The number of hydrogen-bond acceptors (Lipinski definition) is 4. The van der Waals surface area contributed by atoms with Crippen LogP contribution in [0, 0.1) is 6.92 Å². The van der Waals surface area contributed by atoms with Gasteiger partial charge in [-0.3, -0.25) is 9.59 Å². The molecule has 152 valence electrons. The highest BCUT2D eigenvalue weighted by atomic mass is 35.5. The Balaban J connectivity index is 1.47. The quantitative estimate of drug-likeness (QED) is 0.437. The molecule has 0 spiro atoms. The largest absolute Gasteiger partial charge is 0.484 e. The molecule has 2 N–H and O–H groups in total. The Morgan fingerprint density at radius 3 is 2.53 bits per heavy atom. The summed E-state index contributed by atoms with van der Waals surface area (Å²) in [5, 5.41) is 7.23. The molecule has 0 saturated carbocycles. The lowest BCUT2D eigenvalue weighted by molar-refractivity contribution is -0.118. The van der Waals surface area contributed by atoms with Crippen molar-refractivity contribution in [3.05, 3.63) is 94.5 Å². The summed E-state index contributed by atoms with van der Waals surface area (Å²) >= 11 is 5.87. The van der Waals surface area contributed by atoms with Gasteiger partial charge in [-0.2, -0.15) is 5.10 Å². The molecule has 0 atom stereocenters. The van der Waals surface area contributed by atoms with Gasteiger partial charge < -0.3 is 10.1 Å². The molecule has 3 aromatic carbocycles. The molecule has 3 aromatic rings. The second-order valence-corrected chi connectivity index (χ2v) is 6.87. The summed E-state index contributed by atoms with van der Waals surface area (Å²) in [5.41, 5.74) is 5.38. The van der Waals surface area contributed by atoms with Crippen LogP contribution in [0.3, 0.4) is 0 Å². The number of carbonyl (C=O) groups is 2. The van der Waals surface area contributed by atoms with Crippen LogP contribution in [0.15, 0.2) is 77.9 Å². The molecule has 0 aliphatic carbocycles. The Hall–Kier alpha value is -3.64. The van der Waals surface area contributed by atoms with E-state index < -0.39 is 0 Å². The van der Waals surface area contributed by atoms with E-state index in [0.29, 0.717) is 16.3 Å². The summed E-state index contributed by atoms with van der Waals surface area (Å²) in [6.07, 6.45) is 1.51. The van der Waals surface area contributed by atoms with E-state index >= 15 is 0 Å². The molecule has 0 heterocycles. The van der Waals surface area contributed by atoms with Crippen molar-refractivity contribution >= 4 is 35.3 Å². The number of benzene rings is 3. The summed E-state index contributed by atoms with van der Waals surface area (Å²) < 4.78 is 5.51. The first-order valence-electron chi connectivity index (χ1n) is 9.18. The fourth-order valence-corrected chi connectivity index (χ4v) is 2.75. The minimum atomic E-state index is -0.353. The van der Waals surface area contributed by atoms with Crippen molar-refractivity contribution in [1.82, 2.24) is 5.43 Å². The Labute approximate surface area is 179 Å². The highest BCUT2D eigenvalue weighted by Crippen LogP contribution is 2.14. The minimum absolute atomic E-state index is 0.0997. The third-order valence-corrected chi connectivity index (χ3v) is 4.37. The summed E-state index contributed by atoms with van der Waals surface area (Å²) in [6, 6.07) is 21.1. The summed E-state index contributed by atoms with van der Waals surface area (Å²) in [6.45, 7) is 1.83. The number of nitrogens with one attached hydrogen (secondary N) is 2. The molecule has 6 nitrogen and oxygen atoms in total. The SMILES string of the molecule is Cc1ccccc1NC(=O)COc1ccc(/C=N/NC(=O)c2cccc(Cl)c2)cc1. The van der Waals surface area contributed by atoms with Crippen molar-refractivity contribution in [3.8, 4) is 5.75 Å². The van der Waals surface area contributed by atoms with E-state index in [2.05, 4.69) is 15.8 Å². The fraction of sp³-hybridized carbons (Fsp3) is 0.0870. The van der Waals surface area contributed by atoms with Crippen molar-refractivity contribution in [3.63, 3.8) is 0 Å². The highest BCUT2D eigenvalue weighted by Gasteiger charge is 2.06. The predicted octanol–water partition coefficient (Wildman–Crippen LogP) is 4.43. The van der Waals surface area contributed by atoms with Crippen molar-refractivity contribution < 1.29 is 14.3 Å². The zero-order valence-electron chi connectivity index (χ0n) is 16.3. The van der Waals surface area contributed by atoms with Crippen LogP contribution in [0.25, 0.3) is 0 Å². The fourth-order valence-electron chi connectivity index (χ4n) is 2.56. The van der Waals surface area contributed by atoms with Gasteiger partial charge in [-0.25, -0.2) is 5.43 Å². The lowest BCUT2D eigenvalue weighted by Crippen LogP contribution is -2.20. The second-order valence-electron chi connectivity index (χ2n) is 6.43. The maximum absolute atomic E-state index is 12.0. The summed E-state index contributed by atoms with van der Waals surface area (Å²) in [7, 11) is 0. The monoisotopic (exact) mass is 421 g/mol. The van der Waals surface area contributed by atoms with Gasteiger partial charge in [-0.05, 0) is 66.6 Å². The van der Waals surface area contributed by atoms with Gasteiger partial charge in [0, 0.05) is 16.3 Å². The van der Waals surface area contributed by atoms with Crippen molar-refractivity contribution in [2.75, 3.05) is 11.9 Å². The number of hydrazone groups is 1. The van der Waals surface area contributed by atoms with E-state index in [1.807, 2.05) is 31.2 Å². The molecule has 0 aromatic heterocycles. The molecule has 0 unspecified atom stereocenters. The number of halogens is 1. The van der Waals surface area contributed by atoms with E-state index in [9.17, 15) is 9.59 Å².